The zero-order valence-corrected chi connectivity index (χ0v) is 10.7. The van der Waals surface area contributed by atoms with Crippen molar-refractivity contribution in [1.29, 1.82) is 0 Å². The lowest BCUT2D eigenvalue weighted by Crippen LogP contribution is -2.11. The smallest absolute Gasteiger partial charge is 0.105 e. The molecular formula is C15H23F. The van der Waals surface area contributed by atoms with Gasteiger partial charge in [-0.25, -0.2) is 4.39 Å². The van der Waals surface area contributed by atoms with Crippen molar-refractivity contribution in [2.75, 3.05) is 0 Å². The average Bonchev–Trinajstić information content (AvgIpc) is 2.20. The molecule has 0 rings (SSSR count). The van der Waals surface area contributed by atoms with Crippen LogP contribution in [0.2, 0.25) is 0 Å². The van der Waals surface area contributed by atoms with Gasteiger partial charge in [0.05, 0.1) is 0 Å². The van der Waals surface area contributed by atoms with E-state index in [0.29, 0.717) is 6.42 Å². The van der Waals surface area contributed by atoms with Crippen LogP contribution >= 0.6 is 0 Å². The van der Waals surface area contributed by atoms with Gasteiger partial charge in [0.2, 0.25) is 0 Å². The Labute approximate surface area is 99.3 Å². The molecular weight excluding hydrogens is 199 g/mol. The summed E-state index contributed by atoms with van der Waals surface area (Å²) in [6, 6.07) is 0. The molecule has 0 aliphatic carbocycles. The van der Waals surface area contributed by atoms with Crippen LogP contribution in [0.5, 0.6) is 0 Å². The van der Waals surface area contributed by atoms with Gasteiger partial charge in [-0.3, -0.25) is 0 Å². The molecule has 0 radical (unpaired) electrons. The maximum atomic E-state index is 13.4. The summed E-state index contributed by atoms with van der Waals surface area (Å²) in [5.74, 6) is 0. The number of hydrogen-bond donors (Lipinski definition) is 0. The molecule has 0 saturated carbocycles. The third kappa shape index (κ3) is 7.22. The van der Waals surface area contributed by atoms with E-state index >= 15 is 0 Å². The van der Waals surface area contributed by atoms with Crippen molar-refractivity contribution in [3.05, 3.63) is 48.6 Å². The van der Waals surface area contributed by atoms with Gasteiger partial charge in [0, 0.05) is 0 Å². The van der Waals surface area contributed by atoms with Crippen molar-refractivity contribution in [2.24, 2.45) is 0 Å². The van der Waals surface area contributed by atoms with Gasteiger partial charge in [-0.05, 0) is 51.2 Å². The van der Waals surface area contributed by atoms with E-state index < -0.39 is 5.67 Å². The third-order valence-corrected chi connectivity index (χ3v) is 2.42. The monoisotopic (exact) mass is 222 g/mol. The lowest BCUT2D eigenvalue weighted by molar-refractivity contribution is 0.202. The first-order chi connectivity index (χ1) is 7.40. The fourth-order valence-corrected chi connectivity index (χ4v) is 1.28. The van der Waals surface area contributed by atoms with E-state index in [0.717, 1.165) is 24.0 Å². The van der Waals surface area contributed by atoms with Gasteiger partial charge in [0.1, 0.15) is 5.67 Å². The molecule has 90 valence electrons. The van der Waals surface area contributed by atoms with Crippen LogP contribution < -0.4 is 0 Å². The molecule has 1 heteroatoms. The highest BCUT2D eigenvalue weighted by atomic mass is 19.1. The van der Waals surface area contributed by atoms with Crippen LogP contribution in [0.3, 0.4) is 0 Å². The zero-order valence-electron chi connectivity index (χ0n) is 10.7. The average molecular weight is 222 g/mol. The van der Waals surface area contributed by atoms with Gasteiger partial charge < -0.3 is 0 Å². The second kappa shape index (κ2) is 7.21. The normalized spacial score (nSPS) is 13.8. The van der Waals surface area contributed by atoms with Crippen molar-refractivity contribution in [3.8, 4) is 0 Å². The Hall–Kier alpha value is -1.11. The van der Waals surface area contributed by atoms with E-state index in [1.807, 2.05) is 31.2 Å². The molecule has 0 aliphatic rings. The summed E-state index contributed by atoms with van der Waals surface area (Å²) < 4.78 is 13.4. The maximum absolute atomic E-state index is 13.4. The first-order valence-corrected chi connectivity index (χ1v) is 5.69. The minimum absolute atomic E-state index is 0.534. The predicted molar refractivity (Wildman–Crippen MR) is 71.3 cm³/mol. The molecule has 0 saturated heterocycles. The molecule has 0 unspecified atom stereocenters. The summed E-state index contributed by atoms with van der Waals surface area (Å²) in [6.45, 7) is 12.6. The summed E-state index contributed by atoms with van der Waals surface area (Å²) in [6.07, 6.45) is 9.87. The number of rotatable bonds is 7. The quantitative estimate of drug-likeness (QED) is 0.413. The first kappa shape index (κ1) is 14.9. The van der Waals surface area contributed by atoms with Gasteiger partial charge in [-0.1, -0.05) is 30.9 Å². The van der Waals surface area contributed by atoms with E-state index in [1.165, 1.54) is 0 Å². The lowest BCUT2D eigenvalue weighted by Gasteiger charge is -2.14. The van der Waals surface area contributed by atoms with Gasteiger partial charge in [0.15, 0.2) is 0 Å². The molecule has 0 amide bonds. The Morgan fingerprint density at radius 1 is 1.31 bits per heavy atom. The lowest BCUT2D eigenvalue weighted by atomic mass is 9.97. The second-order valence-electron chi connectivity index (χ2n) is 4.56. The summed E-state index contributed by atoms with van der Waals surface area (Å²) in [5, 5.41) is 0. The van der Waals surface area contributed by atoms with Crippen LogP contribution in [-0.2, 0) is 0 Å². The highest BCUT2D eigenvalue weighted by Gasteiger charge is 2.15. The molecule has 0 nitrogen and oxygen atoms in total. The molecule has 0 aliphatic heterocycles. The van der Waals surface area contributed by atoms with E-state index in [4.69, 9.17) is 0 Å². The molecule has 0 N–H and O–H groups in total. The minimum Gasteiger partial charge on any atom is -0.244 e. The molecule has 0 aromatic rings. The van der Waals surface area contributed by atoms with Crippen molar-refractivity contribution in [2.45, 2.75) is 45.7 Å². The summed E-state index contributed by atoms with van der Waals surface area (Å²) >= 11 is 0. The fourth-order valence-electron chi connectivity index (χ4n) is 1.28. The topological polar surface area (TPSA) is 0 Å². The molecule has 0 atom stereocenters. The van der Waals surface area contributed by atoms with E-state index in [9.17, 15) is 4.39 Å². The molecule has 0 spiro atoms. The predicted octanol–water partition coefficient (Wildman–Crippen LogP) is 5.15. The van der Waals surface area contributed by atoms with Gasteiger partial charge >= 0.3 is 0 Å². The minimum atomic E-state index is -1.11. The van der Waals surface area contributed by atoms with Crippen LogP contribution in [0.15, 0.2) is 48.6 Å². The molecule has 16 heavy (non-hydrogen) atoms. The standard InChI is InChI=1S/C15H23F/c1-6-8-9-10-14(13(3)7-2)11-12-15(4,5)16/h6-7,9-10H,1-2,8,11-12H2,3-5H3/b10-9-,14-13+. The summed E-state index contributed by atoms with van der Waals surface area (Å²) in [4.78, 5) is 0. The van der Waals surface area contributed by atoms with Gasteiger partial charge in [-0.15, -0.1) is 6.58 Å². The Bertz CT molecular complexity index is 287. The van der Waals surface area contributed by atoms with Crippen LogP contribution in [0.25, 0.3) is 0 Å². The van der Waals surface area contributed by atoms with Crippen LogP contribution in [-0.4, -0.2) is 5.67 Å². The molecule has 0 fully saturated rings. The first-order valence-electron chi connectivity index (χ1n) is 5.69. The number of allylic oxidation sites excluding steroid dienone is 6. The van der Waals surface area contributed by atoms with Gasteiger partial charge in [0.25, 0.3) is 0 Å². The molecule has 0 aromatic carbocycles. The second-order valence-corrected chi connectivity index (χ2v) is 4.56. The number of hydrogen-bond acceptors (Lipinski definition) is 0. The molecule has 0 heterocycles. The van der Waals surface area contributed by atoms with Crippen molar-refractivity contribution < 1.29 is 4.39 Å². The maximum Gasteiger partial charge on any atom is 0.105 e. The highest BCUT2D eigenvalue weighted by Crippen LogP contribution is 2.22. The third-order valence-electron chi connectivity index (χ3n) is 2.42. The van der Waals surface area contributed by atoms with Crippen molar-refractivity contribution in [3.63, 3.8) is 0 Å². The highest BCUT2D eigenvalue weighted by molar-refractivity contribution is 5.31. The largest absolute Gasteiger partial charge is 0.244 e. The summed E-state index contributed by atoms with van der Waals surface area (Å²) in [5.41, 5.74) is 1.16. The van der Waals surface area contributed by atoms with Crippen LogP contribution in [0.1, 0.15) is 40.0 Å². The van der Waals surface area contributed by atoms with E-state index in [2.05, 4.69) is 13.2 Å². The summed E-state index contributed by atoms with van der Waals surface area (Å²) in [7, 11) is 0. The molecule has 0 bridgehead atoms. The molecule has 0 aromatic heterocycles. The Morgan fingerprint density at radius 3 is 2.38 bits per heavy atom. The van der Waals surface area contributed by atoms with E-state index in [-0.39, 0.29) is 0 Å². The Morgan fingerprint density at radius 2 is 1.94 bits per heavy atom. The van der Waals surface area contributed by atoms with Gasteiger partial charge in [-0.2, -0.15) is 0 Å². The Kier molecular flexibility index (Phi) is 6.71. The van der Waals surface area contributed by atoms with E-state index in [1.54, 1.807) is 13.8 Å². The SMILES string of the molecule is C=CC/C=C\C(CCC(C)(C)F)=C(\C)C=C. The van der Waals surface area contributed by atoms with Crippen LogP contribution in [0, 0.1) is 0 Å². The van der Waals surface area contributed by atoms with Crippen molar-refractivity contribution >= 4 is 0 Å². The fraction of sp³-hybridized carbons (Fsp3) is 0.467. The zero-order chi connectivity index (χ0) is 12.6. The Balaban J connectivity index is 4.58. The number of halogens is 1. The van der Waals surface area contributed by atoms with Crippen molar-refractivity contribution in [1.82, 2.24) is 0 Å². The van der Waals surface area contributed by atoms with Crippen LogP contribution in [0.4, 0.5) is 4.39 Å². The number of alkyl halides is 1.